The Kier molecular flexibility index (Phi) is 5.26. The molecule has 0 aliphatic heterocycles. The van der Waals surface area contributed by atoms with Crippen LogP contribution in [0.5, 0.6) is 0 Å². The van der Waals surface area contributed by atoms with Gasteiger partial charge in [0, 0.05) is 5.56 Å². The first kappa shape index (κ1) is 15.4. The molecule has 1 aromatic heterocycles. The summed E-state index contributed by atoms with van der Waals surface area (Å²) in [4.78, 5) is 15.9. The minimum absolute atomic E-state index is 0. The number of carbonyl (C=O) groups is 1. The van der Waals surface area contributed by atoms with E-state index < -0.39 is 5.97 Å². The van der Waals surface area contributed by atoms with Gasteiger partial charge < -0.3 is 10.5 Å². The van der Waals surface area contributed by atoms with E-state index in [0.717, 1.165) is 11.3 Å². The Morgan fingerprint density at radius 2 is 2.05 bits per heavy atom. The summed E-state index contributed by atoms with van der Waals surface area (Å²) < 4.78 is 17.7. The van der Waals surface area contributed by atoms with Gasteiger partial charge in [0.1, 0.15) is 16.6 Å². The Labute approximate surface area is 119 Å². The van der Waals surface area contributed by atoms with Crippen LogP contribution in [-0.2, 0) is 4.74 Å². The highest BCUT2D eigenvalue weighted by atomic mass is 35.5. The van der Waals surface area contributed by atoms with Gasteiger partial charge in [-0.15, -0.1) is 23.7 Å². The van der Waals surface area contributed by atoms with E-state index >= 15 is 0 Å². The maximum absolute atomic E-state index is 12.8. The van der Waals surface area contributed by atoms with Crippen LogP contribution in [0.1, 0.15) is 16.6 Å². The number of hydrogen-bond donors (Lipinski definition) is 1. The molecule has 4 nitrogen and oxygen atoms in total. The minimum Gasteiger partial charge on any atom is -0.462 e. The molecule has 0 fully saturated rings. The smallest absolute Gasteiger partial charge is 0.352 e. The first-order valence-electron chi connectivity index (χ1n) is 5.31. The highest BCUT2D eigenvalue weighted by Gasteiger charge is 2.17. The zero-order valence-electron chi connectivity index (χ0n) is 10.1. The fraction of sp³-hybridized carbons (Fsp3) is 0.167. The quantitative estimate of drug-likeness (QED) is 0.885. The van der Waals surface area contributed by atoms with Crippen molar-refractivity contribution in [2.45, 2.75) is 6.92 Å². The predicted octanol–water partition coefficient (Wildman–Crippen LogP) is 3.13. The summed E-state index contributed by atoms with van der Waals surface area (Å²) in [5.41, 5.74) is 6.38. The maximum Gasteiger partial charge on any atom is 0.352 e. The molecule has 1 aromatic carbocycles. The van der Waals surface area contributed by atoms with Crippen molar-refractivity contribution in [3.05, 3.63) is 35.0 Å². The Hall–Kier alpha value is -1.66. The molecule has 7 heteroatoms. The Morgan fingerprint density at radius 3 is 2.63 bits per heavy atom. The molecular weight excluding hydrogens is 291 g/mol. The van der Waals surface area contributed by atoms with Crippen molar-refractivity contribution in [2.75, 3.05) is 12.3 Å². The molecule has 19 heavy (non-hydrogen) atoms. The van der Waals surface area contributed by atoms with Crippen LogP contribution in [0.4, 0.5) is 10.2 Å². The van der Waals surface area contributed by atoms with Crippen molar-refractivity contribution in [3.63, 3.8) is 0 Å². The number of thiazole rings is 1. The Morgan fingerprint density at radius 1 is 1.42 bits per heavy atom. The number of ether oxygens (including phenoxy) is 1. The number of carbonyl (C=O) groups excluding carboxylic acids is 1. The van der Waals surface area contributed by atoms with Crippen LogP contribution in [-0.4, -0.2) is 17.6 Å². The van der Waals surface area contributed by atoms with Crippen molar-refractivity contribution in [2.24, 2.45) is 0 Å². The lowest BCUT2D eigenvalue weighted by Gasteiger charge is -1.97. The minimum atomic E-state index is -0.485. The van der Waals surface area contributed by atoms with Crippen LogP contribution in [0.15, 0.2) is 24.3 Å². The van der Waals surface area contributed by atoms with Crippen molar-refractivity contribution in [1.29, 1.82) is 0 Å². The highest BCUT2D eigenvalue weighted by Crippen LogP contribution is 2.30. The topological polar surface area (TPSA) is 65.2 Å². The van der Waals surface area contributed by atoms with E-state index in [0.29, 0.717) is 10.6 Å². The fourth-order valence-electron chi connectivity index (χ4n) is 1.39. The van der Waals surface area contributed by atoms with E-state index in [1.807, 2.05) is 0 Å². The van der Waals surface area contributed by atoms with Gasteiger partial charge in [-0.3, -0.25) is 0 Å². The maximum atomic E-state index is 12.8. The molecule has 0 atom stereocenters. The predicted molar refractivity (Wildman–Crippen MR) is 75.1 cm³/mol. The van der Waals surface area contributed by atoms with Crippen molar-refractivity contribution < 1.29 is 13.9 Å². The van der Waals surface area contributed by atoms with Gasteiger partial charge in [-0.05, 0) is 31.2 Å². The average Bonchev–Trinajstić information content (AvgIpc) is 2.72. The molecule has 0 aliphatic rings. The lowest BCUT2D eigenvalue weighted by atomic mass is 10.2. The van der Waals surface area contributed by atoms with E-state index in [-0.39, 0.29) is 35.5 Å². The van der Waals surface area contributed by atoms with E-state index in [2.05, 4.69) is 4.98 Å². The van der Waals surface area contributed by atoms with Crippen LogP contribution in [0, 0.1) is 5.82 Å². The van der Waals surface area contributed by atoms with Gasteiger partial charge in [0.25, 0.3) is 0 Å². The Bertz CT molecular complexity index is 572. The van der Waals surface area contributed by atoms with Crippen LogP contribution in [0.25, 0.3) is 10.6 Å². The van der Waals surface area contributed by atoms with E-state index in [9.17, 15) is 9.18 Å². The molecule has 0 radical (unpaired) electrons. The summed E-state index contributed by atoms with van der Waals surface area (Å²) in [6.45, 7) is 2.00. The standard InChI is InChI=1S/C12H11FN2O2S.ClH/c1-2-17-12(16)9-10(14)15-11(18-9)7-3-5-8(13)6-4-7;/h3-6H,2,14H2,1H3;1H. The normalized spacial score (nSPS) is 9.79. The van der Waals surface area contributed by atoms with E-state index in [1.54, 1.807) is 19.1 Å². The number of rotatable bonds is 3. The molecule has 0 unspecified atom stereocenters. The summed E-state index contributed by atoms with van der Waals surface area (Å²) >= 11 is 1.13. The van der Waals surface area contributed by atoms with Crippen LogP contribution in [0.2, 0.25) is 0 Å². The molecule has 0 bridgehead atoms. The third kappa shape index (κ3) is 3.42. The molecule has 1 heterocycles. The summed E-state index contributed by atoms with van der Waals surface area (Å²) in [7, 11) is 0. The molecule has 2 aromatic rings. The van der Waals surface area contributed by atoms with Crippen molar-refractivity contribution >= 4 is 35.5 Å². The molecule has 0 spiro atoms. The van der Waals surface area contributed by atoms with Gasteiger partial charge in [0.15, 0.2) is 4.88 Å². The first-order valence-corrected chi connectivity index (χ1v) is 6.13. The largest absolute Gasteiger partial charge is 0.462 e. The van der Waals surface area contributed by atoms with Crippen LogP contribution in [0.3, 0.4) is 0 Å². The van der Waals surface area contributed by atoms with E-state index in [4.69, 9.17) is 10.5 Å². The number of benzene rings is 1. The molecule has 0 aliphatic carbocycles. The Balaban J connectivity index is 0.00000180. The molecule has 102 valence electrons. The van der Waals surface area contributed by atoms with Crippen LogP contribution < -0.4 is 5.73 Å². The molecular formula is C12H12ClFN2O2S. The van der Waals surface area contributed by atoms with Gasteiger partial charge in [-0.25, -0.2) is 14.2 Å². The van der Waals surface area contributed by atoms with Gasteiger partial charge in [0.05, 0.1) is 6.61 Å². The number of nitrogens with zero attached hydrogens (tertiary/aromatic N) is 1. The third-order valence-corrected chi connectivity index (χ3v) is 3.31. The fourth-order valence-corrected chi connectivity index (χ4v) is 2.27. The monoisotopic (exact) mass is 302 g/mol. The van der Waals surface area contributed by atoms with Gasteiger partial charge >= 0.3 is 5.97 Å². The molecule has 0 saturated carbocycles. The zero-order valence-corrected chi connectivity index (χ0v) is 11.7. The first-order chi connectivity index (χ1) is 8.61. The molecule has 0 saturated heterocycles. The van der Waals surface area contributed by atoms with Crippen LogP contribution >= 0.6 is 23.7 Å². The lowest BCUT2D eigenvalue weighted by Crippen LogP contribution is -2.05. The van der Waals surface area contributed by atoms with E-state index in [1.165, 1.54) is 12.1 Å². The second kappa shape index (κ2) is 6.49. The van der Waals surface area contributed by atoms with Crippen molar-refractivity contribution in [3.8, 4) is 10.6 Å². The number of anilines is 1. The zero-order chi connectivity index (χ0) is 13.1. The molecule has 0 amide bonds. The number of nitrogens with two attached hydrogens (primary N) is 1. The SMILES string of the molecule is CCOC(=O)c1sc(-c2ccc(F)cc2)nc1N.Cl. The molecule has 2 rings (SSSR count). The molecule has 2 N–H and O–H groups in total. The summed E-state index contributed by atoms with van der Waals surface area (Å²) in [6.07, 6.45) is 0. The lowest BCUT2D eigenvalue weighted by molar-refractivity contribution is 0.0533. The summed E-state index contributed by atoms with van der Waals surface area (Å²) in [5.74, 6) is -0.674. The highest BCUT2D eigenvalue weighted by molar-refractivity contribution is 7.17. The number of halogens is 2. The second-order valence-electron chi connectivity index (χ2n) is 3.46. The average molecular weight is 303 g/mol. The number of hydrogen-bond acceptors (Lipinski definition) is 5. The van der Waals surface area contributed by atoms with Gasteiger partial charge in [-0.2, -0.15) is 0 Å². The van der Waals surface area contributed by atoms with Gasteiger partial charge in [-0.1, -0.05) is 0 Å². The third-order valence-electron chi connectivity index (χ3n) is 2.21. The summed E-state index contributed by atoms with van der Waals surface area (Å²) in [6, 6.07) is 5.83. The second-order valence-corrected chi connectivity index (χ2v) is 4.46. The number of esters is 1. The number of aromatic nitrogens is 1. The summed E-state index contributed by atoms with van der Waals surface area (Å²) in [5, 5.41) is 0.565. The van der Waals surface area contributed by atoms with Crippen molar-refractivity contribution in [1.82, 2.24) is 4.98 Å². The number of nitrogen functional groups attached to an aromatic ring is 1. The van der Waals surface area contributed by atoms with Gasteiger partial charge in [0.2, 0.25) is 0 Å².